The summed E-state index contributed by atoms with van der Waals surface area (Å²) in [6, 6.07) is 11.3. The van der Waals surface area contributed by atoms with Crippen LogP contribution in [0.1, 0.15) is 15.9 Å². The third-order valence-corrected chi connectivity index (χ3v) is 3.56. The summed E-state index contributed by atoms with van der Waals surface area (Å²) in [6.45, 7) is 0. The molecule has 0 aliphatic rings. The molecule has 132 valence electrons. The summed E-state index contributed by atoms with van der Waals surface area (Å²) in [4.78, 5) is 19.2. The molecule has 0 amide bonds. The fourth-order valence-corrected chi connectivity index (χ4v) is 2.39. The number of anilines is 2. The van der Waals surface area contributed by atoms with E-state index in [-0.39, 0.29) is 17.0 Å². The van der Waals surface area contributed by atoms with Gasteiger partial charge in [0.25, 0.3) is 0 Å². The van der Waals surface area contributed by atoms with Crippen LogP contribution in [0.25, 0.3) is 11.4 Å². The van der Waals surface area contributed by atoms with Gasteiger partial charge in [0.05, 0.1) is 34.9 Å². The minimum absolute atomic E-state index is 0.0546. The van der Waals surface area contributed by atoms with E-state index < -0.39 is 17.7 Å². The molecule has 0 saturated heterocycles. The molecule has 8 heteroatoms. The van der Waals surface area contributed by atoms with Gasteiger partial charge in [-0.2, -0.15) is 13.2 Å². The van der Waals surface area contributed by atoms with Crippen molar-refractivity contribution in [2.75, 3.05) is 5.32 Å². The van der Waals surface area contributed by atoms with Crippen molar-refractivity contribution in [1.82, 2.24) is 9.97 Å². The molecule has 0 aliphatic heterocycles. The summed E-state index contributed by atoms with van der Waals surface area (Å²) in [5.41, 5.74) is -0.215. The second kappa shape index (κ2) is 6.83. The van der Waals surface area contributed by atoms with Gasteiger partial charge in [-0.25, -0.2) is 14.8 Å². The minimum Gasteiger partial charge on any atom is -0.478 e. The number of alkyl halides is 3. The SMILES string of the molecule is O=C(O)c1ccccc1Nc1cnc(-c2ccccc2C(F)(F)F)nc1. The van der Waals surface area contributed by atoms with Crippen molar-refractivity contribution >= 4 is 17.3 Å². The lowest BCUT2D eigenvalue weighted by molar-refractivity contribution is -0.137. The molecule has 3 rings (SSSR count). The Morgan fingerprint density at radius 1 is 0.962 bits per heavy atom. The number of carbonyl (C=O) groups is 1. The highest BCUT2D eigenvalue weighted by Crippen LogP contribution is 2.35. The van der Waals surface area contributed by atoms with Crippen molar-refractivity contribution in [1.29, 1.82) is 0 Å². The molecule has 3 aromatic rings. The molecule has 5 nitrogen and oxygen atoms in total. The molecule has 2 aromatic carbocycles. The Morgan fingerprint density at radius 3 is 2.23 bits per heavy atom. The van der Waals surface area contributed by atoms with E-state index in [1.807, 2.05) is 0 Å². The molecule has 0 atom stereocenters. The van der Waals surface area contributed by atoms with Gasteiger partial charge < -0.3 is 10.4 Å². The normalized spacial score (nSPS) is 11.2. The zero-order chi connectivity index (χ0) is 18.7. The number of benzene rings is 2. The van der Waals surface area contributed by atoms with Crippen LogP contribution in [0.4, 0.5) is 24.5 Å². The van der Waals surface area contributed by atoms with Gasteiger partial charge in [0.1, 0.15) is 0 Å². The van der Waals surface area contributed by atoms with Gasteiger partial charge in [-0.15, -0.1) is 0 Å². The van der Waals surface area contributed by atoms with Crippen LogP contribution in [-0.2, 0) is 6.18 Å². The van der Waals surface area contributed by atoms with Crippen LogP contribution in [0.2, 0.25) is 0 Å². The molecular formula is C18H12F3N3O2. The maximum absolute atomic E-state index is 13.1. The summed E-state index contributed by atoms with van der Waals surface area (Å²) in [6.07, 6.45) is -1.92. The maximum atomic E-state index is 13.1. The van der Waals surface area contributed by atoms with Crippen LogP contribution >= 0.6 is 0 Å². The largest absolute Gasteiger partial charge is 0.478 e. The average molecular weight is 359 g/mol. The van der Waals surface area contributed by atoms with E-state index in [0.29, 0.717) is 11.4 Å². The third kappa shape index (κ3) is 3.64. The molecule has 1 heterocycles. The summed E-state index contributed by atoms with van der Waals surface area (Å²) in [5, 5.41) is 12.0. The van der Waals surface area contributed by atoms with Crippen LogP contribution in [0.5, 0.6) is 0 Å². The van der Waals surface area contributed by atoms with E-state index in [1.165, 1.54) is 36.7 Å². The van der Waals surface area contributed by atoms with Gasteiger partial charge in [0.2, 0.25) is 0 Å². The fourth-order valence-electron chi connectivity index (χ4n) is 2.39. The number of rotatable bonds is 4. The molecule has 2 N–H and O–H groups in total. The summed E-state index contributed by atoms with van der Waals surface area (Å²) < 4.78 is 39.3. The number of para-hydroxylation sites is 1. The van der Waals surface area contributed by atoms with E-state index in [2.05, 4.69) is 15.3 Å². The first kappa shape index (κ1) is 17.4. The van der Waals surface area contributed by atoms with Crippen LogP contribution in [-0.4, -0.2) is 21.0 Å². The van der Waals surface area contributed by atoms with Crippen LogP contribution < -0.4 is 5.32 Å². The average Bonchev–Trinajstić information content (AvgIpc) is 2.62. The predicted molar refractivity (Wildman–Crippen MR) is 89.2 cm³/mol. The first-order chi connectivity index (χ1) is 12.4. The van der Waals surface area contributed by atoms with Gasteiger partial charge in [-0.05, 0) is 18.2 Å². The zero-order valence-corrected chi connectivity index (χ0v) is 13.2. The molecule has 1 aromatic heterocycles. The Bertz CT molecular complexity index is 941. The molecule has 0 bridgehead atoms. The number of nitrogens with one attached hydrogen (secondary N) is 1. The summed E-state index contributed by atoms with van der Waals surface area (Å²) >= 11 is 0. The molecule has 0 radical (unpaired) electrons. The second-order valence-corrected chi connectivity index (χ2v) is 5.31. The van der Waals surface area contributed by atoms with Crippen LogP contribution in [0, 0.1) is 0 Å². The molecule has 0 aliphatic carbocycles. The molecule has 26 heavy (non-hydrogen) atoms. The zero-order valence-electron chi connectivity index (χ0n) is 13.2. The lowest BCUT2D eigenvalue weighted by Gasteiger charge is -2.12. The van der Waals surface area contributed by atoms with Crippen molar-refractivity contribution < 1.29 is 23.1 Å². The number of nitrogens with zero attached hydrogens (tertiary/aromatic N) is 2. The Labute approximate surface area is 146 Å². The van der Waals surface area contributed by atoms with Crippen molar-refractivity contribution in [2.24, 2.45) is 0 Å². The van der Waals surface area contributed by atoms with Gasteiger partial charge in [-0.3, -0.25) is 0 Å². The third-order valence-electron chi connectivity index (χ3n) is 3.56. The number of carboxylic acid groups (broad SMARTS) is 1. The van der Waals surface area contributed by atoms with Gasteiger partial charge in [0, 0.05) is 5.56 Å². The Balaban J connectivity index is 1.91. The standard InChI is InChI=1S/C18H12F3N3O2/c19-18(20,21)14-7-3-1-5-12(14)16-22-9-11(10-23-16)24-15-8-4-2-6-13(15)17(25)26/h1-10,24H,(H,25,26). The minimum atomic E-state index is -4.52. The summed E-state index contributed by atoms with van der Waals surface area (Å²) in [7, 11) is 0. The Hall–Kier alpha value is -3.42. The molecule has 0 spiro atoms. The van der Waals surface area contributed by atoms with Crippen LogP contribution in [0.15, 0.2) is 60.9 Å². The number of hydrogen-bond acceptors (Lipinski definition) is 4. The second-order valence-electron chi connectivity index (χ2n) is 5.31. The van der Waals surface area contributed by atoms with Crippen molar-refractivity contribution in [3.05, 3.63) is 72.1 Å². The smallest absolute Gasteiger partial charge is 0.417 e. The van der Waals surface area contributed by atoms with Crippen molar-refractivity contribution in [3.8, 4) is 11.4 Å². The van der Waals surface area contributed by atoms with E-state index in [1.54, 1.807) is 18.2 Å². The highest BCUT2D eigenvalue weighted by Gasteiger charge is 2.33. The van der Waals surface area contributed by atoms with E-state index in [4.69, 9.17) is 5.11 Å². The molecule has 0 saturated carbocycles. The summed E-state index contributed by atoms with van der Waals surface area (Å²) in [5.74, 6) is -1.18. The maximum Gasteiger partial charge on any atom is 0.417 e. The predicted octanol–water partition coefficient (Wildman–Crippen LogP) is 4.60. The number of hydrogen-bond donors (Lipinski definition) is 2. The topological polar surface area (TPSA) is 75.1 Å². The molecular weight excluding hydrogens is 347 g/mol. The van der Waals surface area contributed by atoms with Crippen molar-refractivity contribution in [3.63, 3.8) is 0 Å². The Kier molecular flexibility index (Phi) is 4.57. The van der Waals surface area contributed by atoms with E-state index in [0.717, 1.165) is 6.07 Å². The van der Waals surface area contributed by atoms with Gasteiger partial charge >= 0.3 is 12.1 Å². The van der Waals surface area contributed by atoms with E-state index in [9.17, 15) is 18.0 Å². The quantitative estimate of drug-likeness (QED) is 0.712. The number of aromatic carboxylic acids is 1. The van der Waals surface area contributed by atoms with Gasteiger partial charge in [0.15, 0.2) is 5.82 Å². The highest BCUT2D eigenvalue weighted by molar-refractivity contribution is 5.95. The van der Waals surface area contributed by atoms with Gasteiger partial charge in [-0.1, -0.05) is 30.3 Å². The first-order valence-electron chi connectivity index (χ1n) is 7.44. The first-order valence-corrected chi connectivity index (χ1v) is 7.44. The molecule has 0 fully saturated rings. The monoisotopic (exact) mass is 359 g/mol. The lowest BCUT2D eigenvalue weighted by Crippen LogP contribution is -2.08. The van der Waals surface area contributed by atoms with Crippen LogP contribution in [0.3, 0.4) is 0 Å². The highest BCUT2D eigenvalue weighted by atomic mass is 19.4. The number of carboxylic acids is 1. The fraction of sp³-hybridized carbons (Fsp3) is 0.0556. The number of aromatic nitrogens is 2. The Morgan fingerprint density at radius 2 is 1.58 bits per heavy atom. The number of halogens is 3. The van der Waals surface area contributed by atoms with Crippen molar-refractivity contribution in [2.45, 2.75) is 6.18 Å². The lowest BCUT2D eigenvalue weighted by atomic mass is 10.1. The van der Waals surface area contributed by atoms with E-state index >= 15 is 0 Å². The molecule has 0 unspecified atom stereocenters.